The Bertz CT molecular complexity index is 1430. The summed E-state index contributed by atoms with van der Waals surface area (Å²) in [5.41, 5.74) is 4.25. The van der Waals surface area contributed by atoms with Crippen molar-refractivity contribution in [2.45, 2.75) is 52.1 Å². The average molecular weight is 568 g/mol. The quantitative estimate of drug-likeness (QED) is 0.313. The van der Waals surface area contributed by atoms with Gasteiger partial charge in [0.1, 0.15) is 12.4 Å². The molecule has 1 aliphatic heterocycles. The second kappa shape index (κ2) is 12.6. The van der Waals surface area contributed by atoms with E-state index in [2.05, 4.69) is 10.6 Å². The molecule has 0 bridgehead atoms. The van der Waals surface area contributed by atoms with Gasteiger partial charge in [0.05, 0.1) is 24.7 Å². The van der Waals surface area contributed by atoms with Gasteiger partial charge >= 0.3 is 0 Å². The standard InChI is InChI=1S/C31H41N3O5S/c1-22(2)20-33(40(36,37)31-23(3)19-28(38-6)24(4)25(31)5)17-18-39-21-29(35)34-16-15-32-14-10-13-27(32)30(34)26-11-8-7-9-12-26/h7-14,19,22,30H,15-18,20-21H2,1-6H3. The van der Waals surface area contributed by atoms with Crippen LogP contribution in [0.4, 0.5) is 0 Å². The van der Waals surface area contributed by atoms with Gasteiger partial charge in [-0.1, -0.05) is 44.2 Å². The predicted molar refractivity (Wildman–Crippen MR) is 156 cm³/mol. The molecule has 2 aromatic carbocycles. The van der Waals surface area contributed by atoms with Gasteiger partial charge in [0.25, 0.3) is 0 Å². The number of sulfonamides is 1. The van der Waals surface area contributed by atoms with Crippen molar-refractivity contribution in [3.8, 4) is 5.75 Å². The summed E-state index contributed by atoms with van der Waals surface area (Å²) in [5.74, 6) is 0.676. The molecule has 40 heavy (non-hydrogen) atoms. The smallest absolute Gasteiger partial charge is 0.249 e. The molecule has 0 saturated heterocycles. The highest BCUT2D eigenvalue weighted by molar-refractivity contribution is 7.89. The zero-order valence-electron chi connectivity index (χ0n) is 24.4. The number of hydrogen-bond donors (Lipinski definition) is 0. The van der Waals surface area contributed by atoms with Crippen LogP contribution in [0, 0.1) is 26.7 Å². The van der Waals surface area contributed by atoms with Crippen molar-refractivity contribution >= 4 is 15.9 Å². The van der Waals surface area contributed by atoms with Crippen molar-refractivity contribution in [3.63, 3.8) is 0 Å². The average Bonchev–Trinajstić information content (AvgIpc) is 3.41. The van der Waals surface area contributed by atoms with Gasteiger partial charge < -0.3 is 18.9 Å². The van der Waals surface area contributed by atoms with Crippen LogP contribution >= 0.6 is 0 Å². The van der Waals surface area contributed by atoms with Crippen LogP contribution in [-0.2, 0) is 26.1 Å². The van der Waals surface area contributed by atoms with Gasteiger partial charge in [-0.25, -0.2) is 8.42 Å². The number of carbonyl (C=O) groups excluding carboxylic acids is 1. The number of rotatable bonds is 11. The summed E-state index contributed by atoms with van der Waals surface area (Å²) in [5, 5.41) is 0. The minimum Gasteiger partial charge on any atom is -0.496 e. The predicted octanol–water partition coefficient (Wildman–Crippen LogP) is 4.72. The number of aromatic nitrogens is 1. The number of ether oxygens (including phenoxy) is 2. The monoisotopic (exact) mass is 567 g/mol. The van der Waals surface area contributed by atoms with Crippen LogP contribution in [-0.4, -0.2) is 68.1 Å². The van der Waals surface area contributed by atoms with Crippen LogP contribution in [0.5, 0.6) is 5.75 Å². The first-order chi connectivity index (χ1) is 19.1. The molecule has 0 fully saturated rings. The number of amides is 1. The molecular weight excluding hydrogens is 526 g/mol. The van der Waals surface area contributed by atoms with E-state index in [-0.39, 0.29) is 37.6 Å². The molecule has 1 atom stereocenters. The third kappa shape index (κ3) is 6.11. The van der Waals surface area contributed by atoms with Crippen LogP contribution in [0.2, 0.25) is 0 Å². The third-order valence-electron chi connectivity index (χ3n) is 7.55. The molecule has 9 heteroatoms. The Labute approximate surface area is 238 Å². The maximum Gasteiger partial charge on any atom is 0.249 e. The van der Waals surface area contributed by atoms with E-state index in [4.69, 9.17) is 9.47 Å². The van der Waals surface area contributed by atoms with E-state index < -0.39 is 10.0 Å². The number of hydrogen-bond acceptors (Lipinski definition) is 5. The van der Waals surface area contributed by atoms with Gasteiger partial charge in [0.2, 0.25) is 15.9 Å². The van der Waals surface area contributed by atoms with Crippen LogP contribution in [0.1, 0.15) is 47.8 Å². The Balaban J connectivity index is 1.47. The third-order valence-corrected chi connectivity index (χ3v) is 9.71. The summed E-state index contributed by atoms with van der Waals surface area (Å²) < 4.78 is 42.7. The van der Waals surface area contributed by atoms with Gasteiger partial charge in [-0.05, 0) is 67.1 Å². The molecule has 0 saturated carbocycles. The Hall–Kier alpha value is -3.14. The van der Waals surface area contributed by atoms with E-state index in [1.165, 1.54) is 4.31 Å². The fraction of sp³-hybridized carbons (Fsp3) is 0.452. The van der Waals surface area contributed by atoms with Crippen LogP contribution < -0.4 is 4.74 Å². The van der Waals surface area contributed by atoms with E-state index in [1.807, 2.05) is 75.2 Å². The first-order valence-electron chi connectivity index (χ1n) is 13.8. The summed E-state index contributed by atoms with van der Waals surface area (Å²) in [6.45, 7) is 11.3. The molecule has 1 amide bonds. The fourth-order valence-corrected chi connectivity index (χ4v) is 7.60. The zero-order chi connectivity index (χ0) is 29.0. The molecule has 1 unspecified atom stereocenters. The Morgan fingerprint density at radius 2 is 1.77 bits per heavy atom. The van der Waals surface area contributed by atoms with Crippen molar-refractivity contribution in [1.29, 1.82) is 0 Å². The summed E-state index contributed by atoms with van der Waals surface area (Å²) in [4.78, 5) is 15.6. The molecular formula is C31H41N3O5S. The van der Waals surface area contributed by atoms with Crippen LogP contribution in [0.3, 0.4) is 0 Å². The van der Waals surface area contributed by atoms with E-state index in [0.29, 0.717) is 34.9 Å². The molecule has 2 heterocycles. The summed E-state index contributed by atoms with van der Waals surface area (Å²) in [6.07, 6.45) is 2.04. The topological polar surface area (TPSA) is 81.1 Å². The zero-order valence-corrected chi connectivity index (χ0v) is 25.2. The normalized spacial score (nSPS) is 15.5. The van der Waals surface area contributed by atoms with Gasteiger partial charge in [-0.2, -0.15) is 4.31 Å². The molecule has 0 N–H and O–H groups in total. The first-order valence-corrected chi connectivity index (χ1v) is 15.2. The highest BCUT2D eigenvalue weighted by Crippen LogP contribution is 2.34. The second-order valence-electron chi connectivity index (χ2n) is 10.8. The van der Waals surface area contributed by atoms with Gasteiger partial charge in [-0.15, -0.1) is 0 Å². The molecule has 0 aliphatic carbocycles. The number of methoxy groups -OCH3 is 1. The lowest BCUT2D eigenvalue weighted by atomic mass is 10.00. The van der Waals surface area contributed by atoms with Crippen LogP contribution in [0.15, 0.2) is 59.6 Å². The van der Waals surface area contributed by atoms with E-state index in [1.54, 1.807) is 20.1 Å². The minimum atomic E-state index is -3.80. The molecule has 0 spiro atoms. The number of nitrogens with zero attached hydrogens (tertiary/aromatic N) is 3. The lowest BCUT2D eigenvalue weighted by molar-refractivity contribution is -0.139. The van der Waals surface area contributed by atoms with E-state index >= 15 is 0 Å². The van der Waals surface area contributed by atoms with Gasteiger partial charge in [0.15, 0.2) is 0 Å². The lowest BCUT2D eigenvalue weighted by Crippen LogP contribution is -2.44. The van der Waals surface area contributed by atoms with Crippen molar-refractivity contribution < 1.29 is 22.7 Å². The van der Waals surface area contributed by atoms with Crippen molar-refractivity contribution in [1.82, 2.24) is 13.8 Å². The molecule has 4 rings (SSSR count). The lowest BCUT2D eigenvalue weighted by Gasteiger charge is -2.37. The van der Waals surface area contributed by atoms with Crippen LogP contribution in [0.25, 0.3) is 0 Å². The van der Waals surface area contributed by atoms with E-state index in [9.17, 15) is 13.2 Å². The van der Waals surface area contributed by atoms with Gasteiger partial charge in [0, 0.05) is 38.1 Å². The number of aryl methyl sites for hydroxylation is 1. The number of carbonyl (C=O) groups is 1. The molecule has 8 nitrogen and oxygen atoms in total. The highest BCUT2D eigenvalue weighted by Gasteiger charge is 2.33. The van der Waals surface area contributed by atoms with E-state index in [0.717, 1.165) is 23.4 Å². The summed E-state index contributed by atoms with van der Waals surface area (Å²) in [7, 11) is -2.21. The SMILES string of the molecule is COc1cc(C)c(S(=O)(=O)N(CCOCC(=O)N2CCn3cccc3C2c2ccccc2)CC(C)C)c(C)c1C. The van der Waals surface area contributed by atoms with Crippen molar-refractivity contribution in [3.05, 3.63) is 82.7 Å². The maximum atomic E-state index is 13.9. The Morgan fingerprint density at radius 3 is 2.45 bits per heavy atom. The molecule has 216 valence electrons. The van der Waals surface area contributed by atoms with Crippen molar-refractivity contribution in [2.75, 3.05) is 40.0 Å². The fourth-order valence-electron chi connectivity index (χ4n) is 5.52. The number of benzene rings is 2. The molecule has 0 radical (unpaired) electrons. The second-order valence-corrected chi connectivity index (χ2v) is 12.7. The maximum absolute atomic E-state index is 13.9. The Kier molecular flexibility index (Phi) is 9.38. The Morgan fingerprint density at radius 1 is 1.05 bits per heavy atom. The highest BCUT2D eigenvalue weighted by atomic mass is 32.2. The summed E-state index contributed by atoms with van der Waals surface area (Å²) >= 11 is 0. The minimum absolute atomic E-state index is 0.112. The summed E-state index contributed by atoms with van der Waals surface area (Å²) in [6, 6.07) is 15.6. The molecule has 1 aliphatic rings. The first kappa shape index (κ1) is 29.8. The van der Waals surface area contributed by atoms with Crippen molar-refractivity contribution in [2.24, 2.45) is 5.92 Å². The molecule has 3 aromatic rings. The molecule has 1 aromatic heterocycles. The number of fused-ring (bicyclic) bond motifs is 1. The largest absolute Gasteiger partial charge is 0.496 e. The van der Waals surface area contributed by atoms with Gasteiger partial charge in [-0.3, -0.25) is 4.79 Å².